The van der Waals surface area contributed by atoms with Crippen molar-refractivity contribution in [3.05, 3.63) is 26.7 Å². The lowest BCUT2D eigenvalue weighted by molar-refractivity contribution is -0.117. The maximum absolute atomic E-state index is 11.8. The standard InChI is InChI=1S/C11H13BrCl2N2OS/c1-18-3-2-9(15)11(17)16-10-7(13)4-6(12)5-8(10)14/h4-5,9H,2-3,15H2,1H3,(H,16,17)/t9-/m0/s1. The summed E-state index contributed by atoms with van der Waals surface area (Å²) in [4.78, 5) is 11.8. The molecule has 18 heavy (non-hydrogen) atoms. The molecule has 1 atom stereocenters. The van der Waals surface area contributed by atoms with Gasteiger partial charge in [-0.25, -0.2) is 0 Å². The Bertz CT molecular complexity index is 422. The summed E-state index contributed by atoms with van der Waals surface area (Å²) in [5, 5.41) is 3.41. The van der Waals surface area contributed by atoms with Crippen molar-refractivity contribution in [2.24, 2.45) is 5.73 Å². The molecule has 3 N–H and O–H groups in total. The highest BCUT2D eigenvalue weighted by molar-refractivity contribution is 9.10. The van der Waals surface area contributed by atoms with Crippen LogP contribution in [0.4, 0.5) is 5.69 Å². The molecule has 0 radical (unpaired) electrons. The molecule has 0 fully saturated rings. The Kier molecular flexibility index (Phi) is 6.81. The number of rotatable bonds is 5. The number of carbonyl (C=O) groups excluding carboxylic acids is 1. The zero-order valence-electron chi connectivity index (χ0n) is 9.67. The summed E-state index contributed by atoms with van der Waals surface area (Å²) in [7, 11) is 0. The fourth-order valence-electron chi connectivity index (χ4n) is 1.25. The summed E-state index contributed by atoms with van der Waals surface area (Å²) in [5.74, 6) is 0.548. The van der Waals surface area contributed by atoms with Gasteiger partial charge in [-0.1, -0.05) is 39.1 Å². The number of hydrogen-bond acceptors (Lipinski definition) is 3. The Morgan fingerprint density at radius 2 is 2.06 bits per heavy atom. The van der Waals surface area contributed by atoms with E-state index in [2.05, 4.69) is 21.2 Å². The monoisotopic (exact) mass is 370 g/mol. The molecule has 0 unspecified atom stereocenters. The molecule has 100 valence electrons. The molecule has 1 aromatic carbocycles. The lowest BCUT2D eigenvalue weighted by Gasteiger charge is -2.14. The molecule has 0 aliphatic heterocycles. The minimum absolute atomic E-state index is 0.282. The number of hydrogen-bond donors (Lipinski definition) is 2. The van der Waals surface area contributed by atoms with Gasteiger partial charge in [-0.15, -0.1) is 0 Å². The third kappa shape index (κ3) is 4.63. The van der Waals surface area contributed by atoms with E-state index in [4.69, 9.17) is 28.9 Å². The number of halogens is 3. The topological polar surface area (TPSA) is 55.1 Å². The lowest BCUT2D eigenvalue weighted by atomic mass is 10.2. The molecule has 1 rings (SSSR count). The maximum atomic E-state index is 11.8. The maximum Gasteiger partial charge on any atom is 0.241 e. The third-order valence-electron chi connectivity index (χ3n) is 2.22. The number of amides is 1. The van der Waals surface area contributed by atoms with Crippen molar-refractivity contribution >= 4 is 62.5 Å². The fraction of sp³-hybridized carbons (Fsp3) is 0.364. The van der Waals surface area contributed by atoms with Crippen LogP contribution < -0.4 is 11.1 Å². The van der Waals surface area contributed by atoms with E-state index in [9.17, 15) is 4.79 Å². The molecule has 0 aromatic heterocycles. The van der Waals surface area contributed by atoms with E-state index >= 15 is 0 Å². The van der Waals surface area contributed by atoms with Gasteiger partial charge in [0.05, 0.1) is 21.8 Å². The average Bonchev–Trinajstić information content (AvgIpc) is 2.30. The van der Waals surface area contributed by atoms with Gasteiger partial charge >= 0.3 is 0 Å². The first-order valence-electron chi connectivity index (χ1n) is 5.15. The van der Waals surface area contributed by atoms with Crippen molar-refractivity contribution in [2.45, 2.75) is 12.5 Å². The van der Waals surface area contributed by atoms with Crippen LogP contribution in [0.3, 0.4) is 0 Å². The predicted molar refractivity (Wildman–Crippen MR) is 83.8 cm³/mol. The molecule has 0 aliphatic rings. The van der Waals surface area contributed by atoms with Crippen molar-refractivity contribution < 1.29 is 4.79 Å². The first kappa shape index (κ1) is 16.1. The number of carbonyl (C=O) groups is 1. The van der Waals surface area contributed by atoms with Gasteiger partial charge in [-0.2, -0.15) is 11.8 Å². The first-order chi connectivity index (χ1) is 8.45. The zero-order chi connectivity index (χ0) is 13.7. The fourth-order valence-corrected chi connectivity index (χ4v) is 3.05. The molecule has 1 aromatic rings. The summed E-state index contributed by atoms with van der Waals surface area (Å²) in [6.07, 6.45) is 2.58. The second-order valence-corrected chi connectivity index (χ2v) is 6.34. The van der Waals surface area contributed by atoms with Crippen LogP contribution in [-0.4, -0.2) is 24.0 Å². The minimum atomic E-state index is -0.562. The molecule has 3 nitrogen and oxygen atoms in total. The van der Waals surface area contributed by atoms with Crippen molar-refractivity contribution in [1.82, 2.24) is 0 Å². The van der Waals surface area contributed by atoms with Gasteiger partial charge in [-0.3, -0.25) is 4.79 Å². The molecule has 0 spiro atoms. The molecule has 0 aliphatic carbocycles. The molecule has 0 bridgehead atoms. The summed E-state index contributed by atoms with van der Waals surface area (Å²) in [5.41, 5.74) is 6.15. The largest absolute Gasteiger partial charge is 0.322 e. The van der Waals surface area contributed by atoms with Gasteiger partial charge < -0.3 is 11.1 Å². The van der Waals surface area contributed by atoms with E-state index in [-0.39, 0.29) is 5.91 Å². The van der Waals surface area contributed by atoms with E-state index in [1.165, 1.54) is 0 Å². The second-order valence-electron chi connectivity index (χ2n) is 3.62. The van der Waals surface area contributed by atoms with E-state index in [1.54, 1.807) is 23.9 Å². The van der Waals surface area contributed by atoms with Crippen LogP contribution in [-0.2, 0) is 4.79 Å². The minimum Gasteiger partial charge on any atom is -0.322 e. The number of anilines is 1. The summed E-state index contributed by atoms with van der Waals surface area (Å²) < 4.78 is 0.752. The first-order valence-corrected chi connectivity index (χ1v) is 8.10. The van der Waals surface area contributed by atoms with E-state index in [1.807, 2.05) is 6.26 Å². The lowest BCUT2D eigenvalue weighted by Crippen LogP contribution is -2.36. The molecule has 0 saturated heterocycles. The molecular weight excluding hydrogens is 359 g/mol. The highest BCUT2D eigenvalue weighted by atomic mass is 79.9. The van der Waals surface area contributed by atoms with Crippen LogP contribution >= 0.6 is 50.9 Å². The average molecular weight is 372 g/mol. The van der Waals surface area contributed by atoms with Gasteiger partial charge in [-0.05, 0) is 30.6 Å². The predicted octanol–water partition coefficient (Wildman–Crippen LogP) is 3.77. The molecule has 1 amide bonds. The number of thioether (sulfide) groups is 1. The SMILES string of the molecule is CSCC[C@H](N)C(=O)Nc1c(Cl)cc(Br)cc1Cl. The summed E-state index contributed by atoms with van der Waals surface area (Å²) in [6, 6.07) is 2.76. The Hall–Kier alpha value is 0.0600. The van der Waals surface area contributed by atoms with Crippen LogP contribution in [0.1, 0.15) is 6.42 Å². The Morgan fingerprint density at radius 1 is 1.50 bits per heavy atom. The van der Waals surface area contributed by atoms with Gasteiger partial charge in [0, 0.05) is 4.47 Å². The van der Waals surface area contributed by atoms with Crippen LogP contribution in [0.25, 0.3) is 0 Å². The Morgan fingerprint density at radius 3 is 2.56 bits per heavy atom. The van der Waals surface area contributed by atoms with Crippen molar-refractivity contribution in [3.63, 3.8) is 0 Å². The Balaban J connectivity index is 2.76. The van der Waals surface area contributed by atoms with E-state index in [0.29, 0.717) is 22.2 Å². The number of nitrogens with one attached hydrogen (secondary N) is 1. The summed E-state index contributed by atoms with van der Waals surface area (Å²) in [6.45, 7) is 0. The van der Waals surface area contributed by atoms with Crippen molar-refractivity contribution in [2.75, 3.05) is 17.3 Å². The molecule has 0 heterocycles. The highest BCUT2D eigenvalue weighted by Gasteiger charge is 2.16. The van der Waals surface area contributed by atoms with Gasteiger partial charge in [0.15, 0.2) is 0 Å². The number of nitrogens with two attached hydrogens (primary N) is 1. The van der Waals surface area contributed by atoms with Crippen LogP contribution in [0, 0.1) is 0 Å². The zero-order valence-corrected chi connectivity index (χ0v) is 13.6. The van der Waals surface area contributed by atoms with Crippen molar-refractivity contribution in [3.8, 4) is 0 Å². The van der Waals surface area contributed by atoms with Crippen LogP contribution in [0.2, 0.25) is 10.0 Å². The quantitative estimate of drug-likeness (QED) is 0.828. The van der Waals surface area contributed by atoms with Crippen molar-refractivity contribution in [1.29, 1.82) is 0 Å². The Labute approximate surface area is 129 Å². The van der Waals surface area contributed by atoms with E-state index < -0.39 is 6.04 Å². The van der Waals surface area contributed by atoms with Crippen LogP contribution in [0.5, 0.6) is 0 Å². The van der Waals surface area contributed by atoms with Gasteiger partial charge in [0.25, 0.3) is 0 Å². The molecule has 7 heteroatoms. The van der Waals surface area contributed by atoms with E-state index in [0.717, 1.165) is 10.2 Å². The normalized spacial score (nSPS) is 12.3. The highest BCUT2D eigenvalue weighted by Crippen LogP contribution is 2.33. The third-order valence-corrected chi connectivity index (χ3v) is 3.92. The second kappa shape index (κ2) is 7.60. The van der Waals surface area contributed by atoms with Crippen LogP contribution in [0.15, 0.2) is 16.6 Å². The number of benzene rings is 1. The molecular formula is C11H13BrCl2N2OS. The van der Waals surface area contributed by atoms with Gasteiger partial charge in [0.2, 0.25) is 5.91 Å². The molecule has 0 saturated carbocycles. The van der Waals surface area contributed by atoms with Gasteiger partial charge in [0.1, 0.15) is 0 Å². The summed E-state index contributed by atoms with van der Waals surface area (Å²) >= 11 is 16.9. The smallest absolute Gasteiger partial charge is 0.241 e.